The fraction of sp³-hybridized carbons (Fsp3) is 0.269. The van der Waals surface area contributed by atoms with Gasteiger partial charge in [0.1, 0.15) is 0 Å². The Bertz CT molecular complexity index is 1220. The smallest absolute Gasteiger partial charge is 0.340 e. The minimum absolute atomic E-state index is 0.0161. The standard InChI is InChI=1S/C26H28N2O7/c1-15-8-9-18(11-16(15)2)17(3)27-24(29)14-35-26(31)19-12-22(32-4)23(33-5)13-20(19)28-25(30)21-7-6-10-34-21/h6-13,17H,14H2,1-5H3,(H,27,29)(H,28,30). The number of amides is 2. The van der Waals surface area contributed by atoms with Gasteiger partial charge in [-0.3, -0.25) is 9.59 Å². The summed E-state index contributed by atoms with van der Waals surface area (Å²) in [6, 6.07) is 11.5. The van der Waals surface area contributed by atoms with Crippen molar-refractivity contribution in [2.75, 3.05) is 26.1 Å². The molecule has 1 aromatic heterocycles. The number of nitrogens with one attached hydrogen (secondary N) is 2. The third-order valence-electron chi connectivity index (χ3n) is 5.48. The Morgan fingerprint density at radius 3 is 2.31 bits per heavy atom. The highest BCUT2D eigenvalue weighted by Crippen LogP contribution is 2.34. The second kappa shape index (κ2) is 11.2. The lowest BCUT2D eigenvalue weighted by Gasteiger charge is -2.17. The molecule has 1 heterocycles. The molecule has 3 aromatic rings. The molecule has 9 heteroatoms. The van der Waals surface area contributed by atoms with E-state index in [1.54, 1.807) is 6.07 Å². The molecule has 0 spiro atoms. The summed E-state index contributed by atoms with van der Waals surface area (Å²) in [4.78, 5) is 37.8. The molecule has 0 radical (unpaired) electrons. The Balaban J connectivity index is 1.72. The lowest BCUT2D eigenvalue weighted by molar-refractivity contribution is -0.124. The number of aryl methyl sites for hydroxylation is 2. The number of methoxy groups -OCH3 is 2. The second-order valence-electron chi connectivity index (χ2n) is 7.89. The summed E-state index contributed by atoms with van der Waals surface area (Å²) < 4.78 is 20.9. The highest BCUT2D eigenvalue weighted by Gasteiger charge is 2.22. The van der Waals surface area contributed by atoms with Crippen LogP contribution >= 0.6 is 0 Å². The molecule has 2 aromatic carbocycles. The van der Waals surface area contributed by atoms with Crippen LogP contribution in [0.2, 0.25) is 0 Å². The topological polar surface area (TPSA) is 116 Å². The van der Waals surface area contributed by atoms with Gasteiger partial charge in [-0.25, -0.2) is 4.79 Å². The fourth-order valence-electron chi connectivity index (χ4n) is 3.35. The van der Waals surface area contributed by atoms with E-state index in [1.165, 1.54) is 38.7 Å². The van der Waals surface area contributed by atoms with Gasteiger partial charge in [-0.1, -0.05) is 18.2 Å². The zero-order valence-corrected chi connectivity index (χ0v) is 20.3. The number of carbonyl (C=O) groups is 3. The van der Waals surface area contributed by atoms with Crippen molar-refractivity contribution in [1.29, 1.82) is 0 Å². The zero-order valence-electron chi connectivity index (χ0n) is 20.3. The van der Waals surface area contributed by atoms with E-state index in [-0.39, 0.29) is 28.8 Å². The van der Waals surface area contributed by atoms with Crippen LogP contribution in [-0.2, 0) is 9.53 Å². The van der Waals surface area contributed by atoms with Crippen molar-refractivity contribution in [2.45, 2.75) is 26.8 Å². The van der Waals surface area contributed by atoms with E-state index in [1.807, 2.05) is 39.0 Å². The van der Waals surface area contributed by atoms with E-state index < -0.39 is 24.4 Å². The molecule has 0 bridgehead atoms. The van der Waals surface area contributed by atoms with Crippen LogP contribution in [0.25, 0.3) is 0 Å². The van der Waals surface area contributed by atoms with Gasteiger partial charge in [-0.2, -0.15) is 0 Å². The molecule has 0 fully saturated rings. The monoisotopic (exact) mass is 480 g/mol. The number of benzene rings is 2. The molecule has 1 unspecified atom stereocenters. The Kier molecular flexibility index (Phi) is 8.14. The Morgan fingerprint density at radius 1 is 0.971 bits per heavy atom. The molecular formula is C26H28N2O7. The first kappa shape index (κ1) is 25.4. The van der Waals surface area contributed by atoms with Gasteiger partial charge in [0.2, 0.25) is 0 Å². The van der Waals surface area contributed by atoms with Gasteiger partial charge in [0.05, 0.1) is 37.8 Å². The van der Waals surface area contributed by atoms with Crippen LogP contribution in [0.4, 0.5) is 5.69 Å². The number of hydrogen-bond donors (Lipinski definition) is 2. The molecule has 0 aliphatic rings. The van der Waals surface area contributed by atoms with E-state index in [9.17, 15) is 14.4 Å². The van der Waals surface area contributed by atoms with Gasteiger partial charge in [0.15, 0.2) is 23.9 Å². The summed E-state index contributed by atoms with van der Waals surface area (Å²) in [6.07, 6.45) is 1.36. The predicted octanol–water partition coefficient (Wildman–Crippen LogP) is 4.20. The lowest BCUT2D eigenvalue weighted by Crippen LogP contribution is -2.31. The number of esters is 1. The molecule has 0 saturated heterocycles. The van der Waals surface area contributed by atoms with Crippen molar-refractivity contribution < 1.29 is 33.0 Å². The van der Waals surface area contributed by atoms with Crippen LogP contribution in [0, 0.1) is 13.8 Å². The molecule has 35 heavy (non-hydrogen) atoms. The van der Waals surface area contributed by atoms with Crippen LogP contribution in [0.15, 0.2) is 53.1 Å². The molecule has 0 aliphatic heterocycles. The van der Waals surface area contributed by atoms with Crippen LogP contribution in [0.1, 0.15) is 50.6 Å². The first-order chi connectivity index (χ1) is 16.7. The first-order valence-electron chi connectivity index (χ1n) is 10.9. The average Bonchev–Trinajstić information content (AvgIpc) is 3.39. The maximum Gasteiger partial charge on any atom is 0.340 e. The fourth-order valence-corrected chi connectivity index (χ4v) is 3.35. The van der Waals surface area contributed by atoms with Crippen LogP contribution in [0.3, 0.4) is 0 Å². The molecular weight excluding hydrogens is 452 g/mol. The summed E-state index contributed by atoms with van der Waals surface area (Å²) >= 11 is 0. The van der Waals surface area contributed by atoms with Crippen molar-refractivity contribution in [3.8, 4) is 11.5 Å². The minimum Gasteiger partial charge on any atom is -0.493 e. The molecule has 2 amide bonds. The van der Waals surface area contributed by atoms with E-state index in [0.717, 1.165) is 16.7 Å². The molecule has 3 rings (SSSR count). The largest absolute Gasteiger partial charge is 0.493 e. The third-order valence-corrected chi connectivity index (χ3v) is 5.48. The highest BCUT2D eigenvalue weighted by atomic mass is 16.5. The van der Waals surface area contributed by atoms with Crippen molar-refractivity contribution in [3.63, 3.8) is 0 Å². The molecule has 2 N–H and O–H groups in total. The van der Waals surface area contributed by atoms with E-state index in [2.05, 4.69) is 10.6 Å². The maximum atomic E-state index is 12.9. The first-order valence-corrected chi connectivity index (χ1v) is 10.9. The average molecular weight is 481 g/mol. The predicted molar refractivity (Wildman–Crippen MR) is 129 cm³/mol. The second-order valence-corrected chi connectivity index (χ2v) is 7.89. The number of hydrogen-bond acceptors (Lipinski definition) is 7. The van der Waals surface area contributed by atoms with Crippen LogP contribution in [0.5, 0.6) is 11.5 Å². The van der Waals surface area contributed by atoms with Gasteiger partial charge in [-0.15, -0.1) is 0 Å². The van der Waals surface area contributed by atoms with E-state index in [0.29, 0.717) is 5.75 Å². The van der Waals surface area contributed by atoms with Gasteiger partial charge >= 0.3 is 5.97 Å². The number of rotatable bonds is 9. The van der Waals surface area contributed by atoms with Gasteiger partial charge < -0.3 is 29.3 Å². The van der Waals surface area contributed by atoms with E-state index >= 15 is 0 Å². The SMILES string of the molecule is COc1cc(NC(=O)c2ccco2)c(C(=O)OCC(=O)NC(C)c2ccc(C)c(C)c2)cc1OC. The summed E-state index contributed by atoms with van der Waals surface area (Å²) in [5.41, 5.74) is 3.31. The Hall–Kier alpha value is -4.27. The minimum atomic E-state index is -0.824. The normalized spacial score (nSPS) is 11.3. The van der Waals surface area contributed by atoms with Crippen LogP contribution in [-0.4, -0.2) is 38.6 Å². The van der Waals surface area contributed by atoms with Crippen molar-refractivity contribution in [1.82, 2.24) is 5.32 Å². The number of carbonyl (C=O) groups excluding carboxylic acids is 3. The molecule has 1 atom stereocenters. The Morgan fingerprint density at radius 2 is 1.69 bits per heavy atom. The summed E-state index contributed by atoms with van der Waals surface area (Å²) in [7, 11) is 2.84. The summed E-state index contributed by atoms with van der Waals surface area (Å²) in [6.45, 7) is 5.36. The van der Waals surface area contributed by atoms with Crippen LogP contribution < -0.4 is 20.1 Å². The Labute approximate surface area is 203 Å². The number of ether oxygens (including phenoxy) is 3. The van der Waals surface area contributed by atoms with E-state index in [4.69, 9.17) is 18.6 Å². The molecule has 0 aliphatic carbocycles. The van der Waals surface area contributed by atoms with Gasteiger partial charge in [0, 0.05) is 12.1 Å². The number of anilines is 1. The van der Waals surface area contributed by atoms with Crippen molar-refractivity contribution in [3.05, 3.63) is 76.7 Å². The highest BCUT2D eigenvalue weighted by molar-refractivity contribution is 6.07. The number of furan rings is 1. The molecule has 0 saturated carbocycles. The van der Waals surface area contributed by atoms with Gasteiger partial charge in [-0.05, 0) is 49.6 Å². The molecule has 9 nitrogen and oxygen atoms in total. The zero-order chi connectivity index (χ0) is 25.5. The summed E-state index contributed by atoms with van der Waals surface area (Å²) in [5.74, 6) is -1.27. The lowest BCUT2D eigenvalue weighted by atomic mass is 10.0. The maximum absolute atomic E-state index is 12.9. The van der Waals surface area contributed by atoms with Gasteiger partial charge in [0.25, 0.3) is 11.8 Å². The summed E-state index contributed by atoms with van der Waals surface area (Å²) in [5, 5.41) is 5.41. The van der Waals surface area contributed by atoms with Crippen molar-refractivity contribution >= 4 is 23.5 Å². The third kappa shape index (κ3) is 6.20. The van der Waals surface area contributed by atoms with Crippen molar-refractivity contribution in [2.24, 2.45) is 0 Å². The quantitative estimate of drug-likeness (QED) is 0.441. The molecule has 184 valence electrons.